The Bertz CT molecular complexity index is 557. The van der Waals surface area contributed by atoms with Gasteiger partial charge < -0.3 is 0 Å². The van der Waals surface area contributed by atoms with E-state index in [-0.39, 0.29) is 11.1 Å². The van der Waals surface area contributed by atoms with Gasteiger partial charge in [-0.1, -0.05) is 75.7 Å². The molecule has 0 amide bonds. The fraction of sp³-hybridized carbons (Fsp3) is 0.250. The summed E-state index contributed by atoms with van der Waals surface area (Å²) in [5.74, 6) is 0. The van der Waals surface area contributed by atoms with Gasteiger partial charge in [0, 0.05) is 11.1 Å². The van der Waals surface area contributed by atoms with Crippen molar-refractivity contribution in [1.29, 1.82) is 0 Å². The summed E-state index contributed by atoms with van der Waals surface area (Å²) in [6.45, 7) is 0. The molecule has 102 valence electrons. The summed E-state index contributed by atoms with van der Waals surface area (Å²) < 4.78 is 27.0. The average molecular weight is 393 g/mol. The zero-order valence-electron chi connectivity index (χ0n) is 8.17. The van der Waals surface area contributed by atoms with Crippen LogP contribution in [0.2, 0.25) is 0 Å². The van der Waals surface area contributed by atoms with Crippen LogP contribution in [0.15, 0.2) is 23.1 Å². The molecule has 0 aliphatic rings. The van der Waals surface area contributed by atoms with E-state index in [0.29, 0.717) is 0 Å². The molecule has 1 rings (SSSR count). The smallest absolute Gasteiger partial charge is 0.282 e. The van der Waals surface area contributed by atoms with Gasteiger partial charge in [-0.05, 0) is 12.1 Å². The molecular weight excluding hydrogens is 389 g/mol. The fourth-order valence-corrected chi connectivity index (χ4v) is 2.64. The Morgan fingerprint density at radius 3 is 1.67 bits per heavy atom. The molecule has 0 atom stereocenters. The third-order valence-corrected chi connectivity index (χ3v) is 3.97. The summed E-state index contributed by atoms with van der Waals surface area (Å²) in [6.07, 6.45) is 0. The number of hydrogen-bond acceptors (Lipinski definition) is 2. The van der Waals surface area contributed by atoms with Crippen LogP contribution in [-0.2, 0) is 17.7 Å². The topological polar surface area (TPSA) is 54.4 Å². The highest BCUT2D eigenvalue weighted by molar-refractivity contribution is 7.85. The van der Waals surface area contributed by atoms with Gasteiger partial charge in [0.2, 0.25) is 7.59 Å². The molecule has 3 nitrogen and oxygen atoms in total. The lowest BCUT2D eigenvalue weighted by Gasteiger charge is -2.21. The predicted molar refractivity (Wildman–Crippen MR) is 74.7 cm³/mol. The van der Waals surface area contributed by atoms with Gasteiger partial charge in [0.15, 0.2) is 0 Å². The van der Waals surface area contributed by atoms with E-state index in [1.165, 1.54) is 0 Å². The van der Waals surface area contributed by atoms with Gasteiger partial charge in [0.05, 0.1) is 4.90 Å². The van der Waals surface area contributed by atoms with Gasteiger partial charge in [-0.25, -0.2) is 0 Å². The first kappa shape index (κ1) is 16.9. The van der Waals surface area contributed by atoms with Crippen molar-refractivity contribution in [3.8, 4) is 0 Å². The Hall–Kier alpha value is 0.870. The molecule has 0 aromatic heterocycles. The van der Waals surface area contributed by atoms with Gasteiger partial charge in [-0.15, -0.1) is 0 Å². The van der Waals surface area contributed by atoms with Crippen LogP contribution in [0.3, 0.4) is 0 Å². The lowest BCUT2D eigenvalue weighted by Crippen LogP contribution is -2.13. The van der Waals surface area contributed by atoms with Crippen LogP contribution < -0.4 is 0 Å². The van der Waals surface area contributed by atoms with Crippen LogP contribution >= 0.6 is 69.6 Å². The van der Waals surface area contributed by atoms with Gasteiger partial charge in [0.25, 0.3) is 10.1 Å². The normalized spacial score (nSPS) is 13.7. The largest absolute Gasteiger partial charge is 0.294 e. The minimum absolute atomic E-state index is 0.0000926. The highest BCUT2D eigenvalue weighted by atomic mass is 35.6. The van der Waals surface area contributed by atoms with Crippen molar-refractivity contribution < 1.29 is 13.0 Å². The summed E-state index contributed by atoms with van der Waals surface area (Å²) >= 11 is 34.0. The minimum Gasteiger partial charge on any atom is -0.282 e. The van der Waals surface area contributed by atoms with E-state index in [1.807, 2.05) is 0 Å². The SMILES string of the molecule is O=S(=O)(O)c1ccc(C(Cl)(Cl)Cl)c(C(Cl)(Cl)Cl)c1. The summed E-state index contributed by atoms with van der Waals surface area (Å²) in [4.78, 5) is -0.471. The second kappa shape index (κ2) is 5.34. The third-order valence-electron chi connectivity index (χ3n) is 1.90. The van der Waals surface area contributed by atoms with E-state index in [4.69, 9.17) is 74.2 Å². The van der Waals surface area contributed by atoms with Gasteiger partial charge in [-0.2, -0.15) is 8.42 Å². The van der Waals surface area contributed by atoms with Gasteiger partial charge in [0.1, 0.15) is 0 Å². The van der Waals surface area contributed by atoms with E-state index in [2.05, 4.69) is 0 Å². The molecule has 0 aliphatic carbocycles. The monoisotopic (exact) mass is 390 g/mol. The molecule has 0 bridgehead atoms. The van der Waals surface area contributed by atoms with Crippen molar-refractivity contribution in [2.45, 2.75) is 12.5 Å². The summed E-state index contributed by atoms with van der Waals surface area (Å²) in [7, 11) is -4.45. The number of halogens is 6. The molecule has 10 heteroatoms. The third kappa shape index (κ3) is 4.18. The lowest BCUT2D eigenvalue weighted by atomic mass is 10.1. The first-order valence-corrected chi connectivity index (χ1v) is 7.80. The van der Waals surface area contributed by atoms with Crippen LogP contribution in [0.4, 0.5) is 0 Å². The predicted octanol–water partition coefficient (Wildman–Crippen LogP) is 4.59. The van der Waals surface area contributed by atoms with Crippen LogP contribution in [0, 0.1) is 0 Å². The highest BCUT2D eigenvalue weighted by Gasteiger charge is 2.35. The summed E-state index contributed by atoms with van der Waals surface area (Å²) in [5, 5.41) is 0. The van der Waals surface area contributed by atoms with E-state index in [0.717, 1.165) is 18.2 Å². The Morgan fingerprint density at radius 2 is 1.33 bits per heavy atom. The molecule has 0 fully saturated rings. The summed E-state index contributed by atoms with van der Waals surface area (Å²) in [5.41, 5.74) is -0.150. The molecule has 0 heterocycles. The molecule has 0 radical (unpaired) electrons. The van der Waals surface area contributed by atoms with Crippen LogP contribution in [0.1, 0.15) is 11.1 Å². The van der Waals surface area contributed by atoms with Crippen molar-refractivity contribution in [1.82, 2.24) is 0 Å². The number of alkyl halides is 6. The quantitative estimate of drug-likeness (QED) is 0.562. The van der Waals surface area contributed by atoms with E-state index >= 15 is 0 Å². The summed E-state index contributed by atoms with van der Waals surface area (Å²) in [6, 6.07) is 3.11. The average Bonchev–Trinajstić information content (AvgIpc) is 2.12. The molecule has 1 N–H and O–H groups in total. The second-order valence-corrected chi connectivity index (χ2v) is 9.16. The maximum atomic E-state index is 11.0. The maximum absolute atomic E-state index is 11.0. The van der Waals surface area contributed by atoms with Crippen LogP contribution in [-0.4, -0.2) is 13.0 Å². The molecule has 0 saturated carbocycles. The first-order chi connectivity index (χ1) is 7.83. The van der Waals surface area contributed by atoms with Gasteiger partial charge in [-0.3, -0.25) is 4.55 Å². The molecule has 1 aromatic rings. The Kier molecular flexibility index (Phi) is 5.02. The Labute approximate surface area is 134 Å². The molecule has 0 aliphatic heterocycles. The lowest BCUT2D eigenvalue weighted by molar-refractivity contribution is 0.483. The molecular formula is C8H4Cl6O3S. The van der Waals surface area contributed by atoms with E-state index in [9.17, 15) is 8.42 Å². The molecule has 0 spiro atoms. The van der Waals surface area contributed by atoms with Crippen molar-refractivity contribution >= 4 is 79.7 Å². The van der Waals surface area contributed by atoms with Crippen LogP contribution in [0.25, 0.3) is 0 Å². The standard InChI is InChI=1S/C8H4Cl6O3S/c9-7(10,11)5-2-1-4(18(15,16)17)3-6(5)8(12,13)14/h1-3H,(H,15,16,17). The van der Waals surface area contributed by atoms with Crippen LogP contribution in [0.5, 0.6) is 0 Å². The molecule has 0 unspecified atom stereocenters. The number of hydrogen-bond donors (Lipinski definition) is 1. The minimum atomic E-state index is -4.45. The van der Waals surface area contributed by atoms with Crippen molar-refractivity contribution in [2.75, 3.05) is 0 Å². The van der Waals surface area contributed by atoms with Gasteiger partial charge >= 0.3 is 0 Å². The highest BCUT2D eigenvalue weighted by Crippen LogP contribution is 2.48. The molecule has 0 saturated heterocycles. The number of benzene rings is 1. The fourth-order valence-electron chi connectivity index (χ4n) is 1.17. The van der Waals surface area contributed by atoms with E-state index in [1.54, 1.807) is 0 Å². The Balaban J connectivity index is 3.60. The first-order valence-electron chi connectivity index (χ1n) is 4.09. The zero-order valence-corrected chi connectivity index (χ0v) is 13.5. The van der Waals surface area contributed by atoms with Crippen molar-refractivity contribution in [3.05, 3.63) is 29.3 Å². The Morgan fingerprint density at radius 1 is 0.889 bits per heavy atom. The molecule has 18 heavy (non-hydrogen) atoms. The maximum Gasteiger partial charge on any atom is 0.294 e. The zero-order chi connectivity index (χ0) is 14.4. The second-order valence-electron chi connectivity index (χ2n) is 3.18. The van der Waals surface area contributed by atoms with E-state index < -0.39 is 22.6 Å². The van der Waals surface area contributed by atoms with Crippen molar-refractivity contribution in [2.24, 2.45) is 0 Å². The number of rotatable bonds is 1. The molecule has 1 aromatic carbocycles. The van der Waals surface area contributed by atoms with Crippen molar-refractivity contribution in [3.63, 3.8) is 0 Å².